The van der Waals surface area contributed by atoms with Gasteiger partial charge in [0.2, 0.25) is 0 Å². The molecule has 0 bridgehead atoms. The van der Waals surface area contributed by atoms with Gasteiger partial charge in [0, 0.05) is 0 Å². The molecule has 0 aromatic heterocycles. The maximum absolute atomic E-state index is 9.44. The molecule has 0 aromatic carbocycles. The molecule has 1 heterocycles. The van der Waals surface area contributed by atoms with E-state index >= 15 is 0 Å². The van der Waals surface area contributed by atoms with Crippen LogP contribution in [0.5, 0.6) is 0 Å². The van der Waals surface area contributed by atoms with Crippen LogP contribution in [0.4, 0.5) is 0 Å². The van der Waals surface area contributed by atoms with Crippen LogP contribution in [0.3, 0.4) is 0 Å². The minimum atomic E-state index is -1.47. The number of aliphatic hydroxyl groups excluding tert-OH is 4. The van der Waals surface area contributed by atoms with Crippen LogP contribution in [-0.4, -0.2) is 63.6 Å². The first-order valence-corrected chi connectivity index (χ1v) is 4.38. The zero-order valence-electron chi connectivity index (χ0n) is 7.87. The van der Waals surface area contributed by atoms with Crippen LogP contribution in [0, 0.1) is 5.41 Å². The van der Waals surface area contributed by atoms with E-state index in [1.54, 1.807) is 0 Å². The van der Waals surface area contributed by atoms with Gasteiger partial charge in [-0.05, 0) is 0 Å². The Morgan fingerprint density at radius 2 is 1.87 bits per heavy atom. The van der Waals surface area contributed by atoms with E-state index in [4.69, 9.17) is 21.0 Å². The summed E-state index contributed by atoms with van der Waals surface area (Å²) in [7, 11) is 0. The van der Waals surface area contributed by atoms with Crippen molar-refractivity contribution in [1.29, 1.82) is 5.41 Å². The molecule has 0 saturated carbocycles. The number of hydrogen-bond acceptors (Lipinski definition) is 6. The fourth-order valence-electron chi connectivity index (χ4n) is 1.37. The van der Waals surface area contributed by atoms with Gasteiger partial charge >= 0.3 is 0 Å². The van der Waals surface area contributed by atoms with Crippen LogP contribution in [0.1, 0.15) is 0 Å². The minimum Gasteiger partial charge on any atom is -0.394 e. The molecule has 8 nitrogen and oxygen atoms in total. The number of guanidine groups is 1. The average molecular weight is 221 g/mol. The van der Waals surface area contributed by atoms with E-state index in [0.717, 1.165) is 0 Å². The van der Waals surface area contributed by atoms with Crippen LogP contribution in [0.25, 0.3) is 0 Å². The van der Waals surface area contributed by atoms with Crippen molar-refractivity contribution in [2.24, 2.45) is 5.73 Å². The summed E-state index contributed by atoms with van der Waals surface area (Å²) in [4.78, 5) is 0. The predicted molar refractivity (Wildman–Crippen MR) is 48.8 cm³/mol. The number of aliphatic hydroxyl groups is 4. The summed E-state index contributed by atoms with van der Waals surface area (Å²) in [6.45, 7) is -0.513. The average Bonchev–Trinajstić information content (AvgIpc) is 2.18. The molecule has 0 aliphatic carbocycles. The first-order valence-electron chi connectivity index (χ1n) is 4.38. The van der Waals surface area contributed by atoms with Crippen molar-refractivity contribution in [2.75, 3.05) is 6.61 Å². The van der Waals surface area contributed by atoms with Crippen molar-refractivity contribution >= 4 is 5.96 Å². The van der Waals surface area contributed by atoms with Gasteiger partial charge in [-0.2, -0.15) is 0 Å². The van der Waals surface area contributed by atoms with Crippen LogP contribution < -0.4 is 11.1 Å². The number of rotatable bonds is 2. The van der Waals surface area contributed by atoms with Crippen molar-refractivity contribution in [2.45, 2.75) is 30.6 Å². The summed E-state index contributed by atoms with van der Waals surface area (Å²) in [5, 5.41) is 46.2. The van der Waals surface area contributed by atoms with Gasteiger partial charge < -0.3 is 36.2 Å². The molecular formula is C7H15N3O5. The van der Waals surface area contributed by atoms with Crippen molar-refractivity contribution in [1.82, 2.24) is 5.32 Å². The third-order valence-electron chi connectivity index (χ3n) is 2.19. The SMILES string of the molecule is N=C(N)NC1O[C@H](CO)[C@@H](O)[C@H](O)[C@H]1O. The third-order valence-corrected chi connectivity index (χ3v) is 2.19. The highest BCUT2D eigenvalue weighted by molar-refractivity contribution is 5.74. The Morgan fingerprint density at radius 3 is 2.33 bits per heavy atom. The number of ether oxygens (including phenoxy) is 1. The first-order chi connectivity index (χ1) is 6.97. The van der Waals surface area contributed by atoms with E-state index < -0.39 is 43.2 Å². The van der Waals surface area contributed by atoms with Gasteiger partial charge in [-0.25, -0.2) is 0 Å². The highest BCUT2D eigenvalue weighted by Crippen LogP contribution is 2.19. The lowest BCUT2D eigenvalue weighted by Gasteiger charge is -2.40. The van der Waals surface area contributed by atoms with Gasteiger partial charge in [0.25, 0.3) is 0 Å². The van der Waals surface area contributed by atoms with Crippen LogP contribution in [-0.2, 0) is 4.74 Å². The van der Waals surface area contributed by atoms with Crippen molar-refractivity contribution in [3.8, 4) is 0 Å². The summed E-state index contributed by atoms with van der Waals surface area (Å²) in [6, 6.07) is 0. The topological polar surface area (TPSA) is 152 Å². The Balaban J connectivity index is 2.69. The quantitative estimate of drug-likeness (QED) is 0.187. The number of nitrogens with two attached hydrogens (primary N) is 1. The van der Waals surface area contributed by atoms with Gasteiger partial charge in [-0.1, -0.05) is 0 Å². The third kappa shape index (κ3) is 2.55. The van der Waals surface area contributed by atoms with E-state index in [0.29, 0.717) is 0 Å². The Kier molecular flexibility index (Phi) is 3.83. The lowest BCUT2D eigenvalue weighted by molar-refractivity contribution is -0.232. The molecule has 1 saturated heterocycles. The molecule has 1 fully saturated rings. The smallest absolute Gasteiger partial charge is 0.187 e. The molecule has 1 aliphatic heterocycles. The summed E-state index contributed by atoms with van der Waals surface area (Å²) in [6.07, 6.45) is -6.42. The standard InChI is InChI=1S/C7H15N3O5/c8-7(9)10-6-5(14)4(13)3(12)2(1-11)15-6/h2-6,11-14H,1H2,(H4,8,9,10)/t2-,3-,4+,5-,6?/m1/s1. The molecule has 5 atom stereocenters. The molecule has 88 valence electrons. The molecule has 0 aromatic rings. The van der Waals surface area contributed by atoms with E-state index in [-0.39, 0.29) is 0 Å². The van der Waals surface area contributed by atoms with E-state index in [1.807, 2.05) is 0 Å². The van der Waals surface area contributed by atoms with E-state index in [2.05, 4.69) is 5.32 Å². The Bertz CT molecular complexity index is 237. The molecule has 15 heavy (non-hydrogen) atoms. The van der Waals surface area contributed by atoms with Gasteiger partial charge in [0.05, 0.1) is 6.61 Å². The highest BCUT2D eigenvalue weighted by Gasteiger charge is 2.43. The summed E-state index contributed by atoms with van der Waals surface area (Å²) in [5.41, 5.74) is 5.03. The molecular weight excluding hydrogens is 206 g/mol. The van der Waals surface area contributed by atoms with Crippen LogP contribution in [0.15, 0.2) is 0 Å². The predicted octanol–water partition coefficient (Wildman–Crippen LogP) is -3.73. The number of nitrogens with one attached hydrogen (secondary N) is 2. The van der Waals surface area contributed by atoms with Crippen molar-refractivity contribution in [3.05, 3.63) is 0 Å². The van der Waals surface area contributed by atoms with Gasteiger partial charge in [0.1, 0.15) is 24.4 Å². The minimum absolute atomic E-state index is 0.445. The molecule has 8 N–H and O–H groups in total. The monoisotopic (exact) mass is 221 g/mol. The van der Waals surface area contributed by atoms with Crippen LogP contribution in [0.2, 0.25) is 0 Å². The second-order valence-corrected chi connectivity index (χ2v) is 3.31. The Labute approximate surface area is 85.8 Å². The fraction of sp³-hybridized carbons (Fsp3) is 0.857. The molecule has 0 amide bonds. The normalized spacial score (nSPS) is 41.2. The molecule has 1 aliphatic rings. The van der Waals surface area contributed by atoms with Gasteiger partial charge in [-0.15, -0.1) is 0 Å². The van der Waals surface area contributed by atoms with Crippen molar-refractivity contribution < 1.29 is 25.2 Å². The fourth-order valence-corrected chi connectivity index (χ4v) is 1.37. The largest absolute Gasteiger partial charge is 0.394 e. The molecule has 0 spiro atoms. The maximum atomic E-state index is 9.44. The maximum Gasteiger partial charge on any atom is 0.187 e. The van der Waals surface area contributed by atoms with Crippen LogP contribution >= 0.6 is 0 Å². The lowest BCUT2D eigenvalue weighted by Crippen LogP contribution is -2.63. The van der Waals surface area contributed by atoms with Crippen molar-refractivity contribution in [3.63, 3.8) is 0 Å². The Morgan fingerprint density at radius 1 is 1.27 bits per heavy atom. The zero-order valence-corrected chi connectivity index (χ0v) is 7.87. The lowest BCUT2D eigenvalue weighted by atomic mass is 9.98. The number of hydrogen-bond donors (Lipinski definition) is 7. The van der Waals surface area contributed by atoms with E-state index in [1.165, 1.54) is 0 Å². The summed E-state index contributed by atoms with van der Waals surface area (Å²) in [5.74, 6) is -0.445. The first kappa shape index (κ1) is 12.1. The highest BCUT2D eigenvalue weighted by atomic mass is 16.6. The van der Waals surface area contributed by atoms with Gasteiger partial charge in [-0.3, -0.25) is 5.41 Å². The second kappa shape index (κ2) is 4.73. The molecule has 1 unspecified atom stereocenters. The molecule has 0 radical (unpaired) electrons. The zero-order chi connectivity index (χ0) is 11.6. The van der Waals surface area contributed by atoms with E-state index in [9.17, 15) is 15.3 Å². The summed E-state index contributed by atoms with van der Waals surface area (Å²) >= 11 is 0. The molecule has 1 rings (SSSR count). The Hall–Kier alpha value is -0.930. The summed E-state index contributed by atoms with van der Waals surface area (Å²) < 4.78 is 5.00. The van der Waals surface area contributed by atoms with Gasteiger partial charge in [0.15, 0.2) is 12.2 Å². The second-order valence-electron chi connectivity index (χ2n) is 3.31. The molecule has 8 heteroatoms.